The van der Waals surface area contributed by atoms with Crippen LogP contribution in [-0.2, 0) is 20.0 Å². The molecule has 0 unspecified atom stereocenters. The van der Waals surface area contributed by atoms with Crippen LogP contribution in [0.2, 0.25) is 5.02 Å². The zero-order valence-electron chi connectivity index (χ0n) is 24.4. The Bertz CT molecular complexity index is 2060. The lowest BCUT2D eigenvalue weighted by Crippen LogP contribution is -2.42. The first-order valence-electron chi connectivity index (χ1n) is 14.2. The first-order valence-corrected chi connectivity index (χ1v) is 14.5. The molecule has 3 aromatic heterocycles. The Hall–Kier alpha value is -5.02. The number of unbranched alkanes of at least 4 members (excludes halogenated alkanes) is 3. The average molecular weight is 657 g/mol. The number of aryl methyl sites for hydroxylation is 2. The molecule has 5 aromatic rings. The molecule has 0 saturated carbocycles. The Labute approximate surface area is 263 Å². The van der Waals surface area contributed by atoms with Crippen LogP contribution < -0.4 is 22.4 Å². The quantitative estimate of drug-likeness (QED) is 0.131. The van der Waals surface area contributed by atoms with Crippen LogP contribution in [0.3, 0.4) is 0 Å². The number of nitrogens with one attached hydrogen (secondary N) is 1. The maximum Gasteiger partial charge on any atom is 0.359 e. The fourth-order valence-corrected chi connectivity index (χ4v) is 5.45. The van der Waals surface area contributed by atoms with Crippen LogP contribution in [0.25, 0.3) is 16.6 Å². The summed E-state index contributed by atoms with van der Waals surface area (Å²) in [6.07, 6.45) is 7.86. The lowest BCUT2D eigenvalue weighted by atomic mass is 10.0. The summed E-state index contributed by atoms with van der Waals surface area (Å²) in [5.41, 5.74) is 3.96. The summed E-state index contributed by atoms with van der Waals surface area (Å²) >= 11 is 6.72. The molecule has 0 aliphatic rings. The SMILES string of the molecule is Cn1cc2c(CCCCCCN)c(Nc3nc(=O)n(-c4cnccc4C(=O)O)c(=O)n3Cc3cc(F)c(F)c(F)c3)c(Cl)cc2n1. The molecule has 3 heterocycles. The monoisotopic (exact) mass is 656 g/mol. The molecule has 0 spiro atoms. The molecule has 5 rings (SSSR count). The molecule has 0 aliphatic heterocycles. The van der Waals surface area contributed by atoms with Gasteiger partial charge < -0.3 is 16.2 Å². The third-order valence-electron chi connectivity index (χ3n) is 7.33. The Morgan fingerprint density at radius 2 is 1.80 bits per heavy atom. The summed E-state index contributed by atoms with van der Waals surface area (Å²) in [4.78, 5) is 47.2. The number of nitrogens with two attached hydrogens (primary N) is 1. The van der Waals surface area contributed by atoms with Gasteiger partial charge in [-0.1, -0.05) is 24.4 Å². The normalized spacial score (nSPS) is 11.3. The topological polar surface area (TPSA) is 163 Å². The average Bonchev–Trinajstić information content (AvgIpc) is 3.38. The number of carbonyl (C=O) groups is 1. The summed E-state index contributed by atoms with van der Waals surface area (Å²) in [7, 11) is 1.75. The molecule has 0 fully saturated rings. The molecule has 2 aromatic carbocycles. The van der Waals surface area contributed by atoms with Crippen LogP contribution in [0.4, 0.5) is 24.8 Å². The molecule has 0 amide bonds. The smallest absolute Gasteiger partial charge is 0.359 e. The fraction of sp³-hybridized carbons (Fsp3) is 0.267. The van der Waals surface area contributed by atoms with Gasteiger partial charge in [0.15, 0.2) is 17.5 Å². The Morgan fingerprint density at radius 1 is 1.09 bits per heavy atom. The Balaban J connectivity index is 1.70. The minimum absolute atomic E-state index is 0.187. The van der Waals surface area contributed by atoms with Gasteiger partial charge >= 0.3 is 17.3 Å². The third-order valence-corrected chi connectivity index (χ3v) is 7.63. The van der Waals surface area contributed by atoms with Crippen molar-refractivity contribution in [3.8, 4) is 5.69 Å². The summed E-state index contributed by atoms with van der Waals surface area (Å²) < 4.78 is 45.1. The number of pyridine rings is 1. The summed E-state index contributed by atoms with van der Waals surface area (Å²) in [5, 5.41) is 18.0. The Kier molecular flexibility index (Phi) is 9.53. The lowest BCUT2D eigenvalue weighted by molar-refractivity contribution is 0.0696. The van der Waals surface area contributed by atoms with Gasteiger partial charge in [0, 0.05) is 24.8 Å². The van der Waals surface area contributed by atoms with Crippen LogP contribution in [0.1, 0.15) is 47.2 Å². The van der Waals surface area contributed by atoms with Crippen molar-refractivity contribution in [2.75, 3.05) is 11.9 Å². The number of rotatable bonds is 12. The van der Waals surface area contributed by atoms with E-state index < -0.39 is 46.9 Å². The van der Waals surface area contributed by atoms with E-state index in [0.29, 0.717) is 46.4 Å². The van der Waals surface area contributed by atoms with Gasteiger partial charge in [0.1, 0.15) is 0 Å². The van der Waals surface area contributed by atoms with Crippen LogP contribution in [0.5, 0.6) is 0 Å². The first-order chi connectivity index (χ1) is 22.0. The molecule has 0 aliphatic carbocycles. The van der Waals surface area contributed by atoms with Crippen LogP contribution in [0, 0.1) is 17.5 Å². The van der Waals surface area contributed by atoms with Crippen molar-refractivity contribution >= 4 is 40.1 Å². The van der Waals surface area contributed by atoms with Gasteiger partial charge in [-0.3, -0.25) is 14.2 Å². The second-order valence-electron chi connectivity index (χ2n) is 10.5. The van der Waals surface area contributed by atoms with E-state index in [1.165, 1.54) is 0 Å². The van der Waals surface area contributed by atoms with E-state index in [9.17, 15) is 32.7 Å². The highest BCUT2D eigenvalue weighted by atomic mass is 35.5. The van der Waals surface area contributed by atoms with Gasteiger partial charge in [-0.05, 0) is 61.2 Å². The number of carboxylic acid groups (broad SMARTS) is 1. The molecule has 0 radical (unpaired) electrons. The molecule has 16 heteroatoms. The molecule has 240 valence electrons. The van der Waals surface area contributed by atoms with Crippen molar-refractivity contribution < 1.29 is 23.1 Å². The van der Waals surface area contributed by atoms with Crippen molar-refractivity contribution in [1.29, 1.82) is 0 Å². The van der Waals surface area contributed by atoms with E-state index in [1.54, 1.807) is 24.0 Å². The minimum Gasteiger partial charge on any atom is -0.478 e. The predicted octanol–water partition coefficient (Wildman–Crippen LogP) is 4.30. The highest BCUT2D eigenvalue weighted by Crippen LogP contribution is 2.36. The second kappa shape index (κ2) is 13.5. The number of benzene rings is 2. The van der Waals surface area contributed by atoms with Crippen molar-refractivity contribution in [3.05, 3.63) is 103 Å². The molecule has 46 heavy (non-hydrogen) atoms. The Morgan fingerprint density at radius 3 is 2.50 bits per heavy atom. The number of nitrogens with zero attached hydrogens (tertiary/aromatic N) is 6. The number of aromatic nitrogens is 6. The summed E-state index contributed by atoms with van der Waals surface area (Å²) in [6.45, 7) is -0.0349. The van der Waals surface area contributed by atoms with E-state index >= 15 is 0 Å². The molecule has 4 N–H and O–H groups in total. The van der Waals surface area contributed by atoms with Gasteiger partial charge in [0.2, 0.25) is 5.95 Å². The van der Waals surface area contributed by atoms with Crippen molar-refractivity contribution in [2.45, 2.75) is 38.6 Å². The van der Waals surface area contributed by atoms with E-state index in [1.807, 2.05) is 0 Å². The van der Waals surface area contributed by atoms with E-state index in [2.05, 4.69) is 20.4 Å². The van der Waals surface area contributed by atoms with Crippen molar-refractivity contribution in [3.63, 3.8) is 0 Å². The maximum atomic E-state index is 14.2. The summed E-state index contributed by atoms with van der Waals surface area (Å²) in [5.74, 6) is -6.52. The number of fused-ring (bicyclic) bond motifs is 1. The van der Waals surface area contributed by atoms with Crippen LogP contribution >= 0.6 is 11.6 Å². The first kappa shape index (κ1) is 32.4. The molecule has 0 atom stereocenters. The molecular formula is C30H28ClF3N8O4. The van der Waals surface area contributed by atoms with Gasteiger partial charge in [-0.15, -0.1) is 0 Å². The lowest BCUT2D eigenvalue weighted by Gasteiger charge is -2.19. The van der Waals surface area contributed by atoms with E-state index in [4.69, 9.17) is 17.3 Å². The third kappa shape index (κ3) is 6.50. The largest absolute Gasteiger partial charge is 0.478 e. The standard InChI is InChI=1S/C30H28ClF3N8O4/c1-40-15-19-17(6-4-2-3-5-8-35)26(20(31)12-23(19)39-40)37-28-38-29(45)42(24-13-36-9-7-18(24)27(43)44)30(46)41(28)14-16-10-21(32)25(34)22(33)11-16/h7,9-13,15H,2-6,8,14,35H2,1H3,(H,43,44)(H,37,38,45). The molecular weight excluding hydrogens is 629 g/mol. The maximum absolute atomic E-state index is 14.2. The summed E-state index contributed by atoms with van der Waals surface area (Å²) in [6, 6.07) is 4.07. The highest BCUT2D eigenvalue weighted by Gasteiger charge is 2.23. The zero-order chi connectivity index (χ0) is 33.1. The number of hydrogen-bond donors (Lipinski definition) is 3. The van der Waals surface area contributed by atoms with Gasteiger partial charge in [-0.25, -0.2) is 32.1 Å². The van der Waals surface area contributed by atoms with E-state index in [-0.39, 0.29) is 22.2 Å². The number of aromatic carboxylic acids is 1. The van der Waals surface area contributed by atoms with Gasteiger partial charge in [-0.2, -0.15) is 10.1 Å². The van der Waals surface area contributed by atoms with Crippen molar-refractivity contribution in [2.24, 2.45) is 12.8 Å². The number of anilines is 2. The molecule has 0 bridgehead atoms. The second-order valence-corrected chi connectivity index (χ2v) is 10.9. The predicted molar refractivity (Wildman–Crippen MR) is 164 cm³/mol. The zero-order valence-corrected chi connectivity index (χ0v) is 25.2. The van der Waals surface area contributed by atoms with Gasteiger partial charge in [0.25, 0.3) is 0 Å². The van der Waals surface area contributed by atoms with Crippen molar-refractivity contribution in [1.82, 2.24) is 28.9 Å². The van der Waals surface area contributed by atoms with E-state index in [0.717, 1.165) is 54.1 Å². The van der Waals surface area contributed by atoms with Crippen LogP contribution in [-0.4, -0.2) is 46.5 Å². The van der Waals surface area contributed by atoms with Gasteiger partial charge in [0.05, 0.1) is 40.2 Å². The fourth-order valence-electron chi connectivity index (χ4n) is 5.19. The number of carboxylic acids is 1. The minimum atomic E-state index is -1.70. The molecule has 0 saturated heterocycles. The number of halogens is 4. The highest BCUT2D eigenvalue weighted by molar-refractivity contribution is 6.34. The molecule has 12 nitrogen and oxygen atoms in total. The van der Waals surface area contributed by atoms with Crippen LogP contribution in [0.15, 0.2) is 52.4 Å². The number of hydrogen-bond acceptors (Lipinski definition) is 8.